The van der Waals surface area contributed by atoms with Crippen LogP contribution in [0.2, 0.25) is 5.02 Å². The summed E-state index contributed by atoms with van der Waals surface area (Å²) in [4.78, 5) is 30.4. The predicted octanol–water partition coefficient (Wildman–Crippen LogP) is 2.44. The third kappa shape index (κ3) is 3.31. The standard InChI is InChI=1S/C18H16ClN5O/c19-15-9-21-6-3-13(15)10-24-7-4-16-14(11-24)18(25)23-17(22-16)12-2-1-5-20-8-12/h1-3,5-6,8-9H,4,7,10-11H2,(H,22,23,25). The zero-order valence-electron chi connectivity index (χ0n) is 13.4. The zero-order valence-corrected chi connectivity index (χ0v) is 14.2. The van der Waals surface area contributed by atoms with Gasteiger partial charge in [0.2, 0.25) is 0 Å². The smallest absolute Gasteiger partial charge is 0.255 e. The van der Waals surface area contributed by atoms with Crippen LogP contribution in [-0.2, 0) is 19.5 Å². The number of fused-ring (bicyclic) bond motifs is 1. The van der Waals surface area contributed by atoms with Gasteiger partial charge >= 0.3 is 0 Å². The summed E-state index contributed by atoms with van der Waals surface area (Å²) in [6, 6.07) is 5.62. The molecule has 1 N–H and O–H groups in total. The molecular formula is C18H16ClN5O. The highest BCUT2D eigenvalue weighted by Crippen LogP contribution is 2.21. The second kappa shape index (κ2) is 6.74. The summed E-state index contributed by atoms with van der Waals surface area (Å²) in [6.07, 6.45) is 7.50. The number of H-pyrrole nitrogens is 1. The van der Waals surface area contributed by atoms with Crippen molar-refractivity contribution in [2.45, 2.75) is 19.5 Å². The predicted molar refractivity (Wildman–Crippen MR) is 95.2 cm³/mol. The van der Waals surface area contributed by atoms with Crippen molar-refractivity contribution in [1.29, 1.82) is 0 Å². The van der Waals surface area contributed by atoms with Gasteiger partial charge in [0.15, 0.2) is 0 Å². The van der Waals surface area contributed by atoms with E-state index in [2.05, 4.69) is 24.8 Å². The Labute approximate surface area is 149 Å². The first kappa shape index (κ1) is 15.9. The summed E-state index contributed by atoms with van der Waals surface area (Å²) in [5.74, 6) is 0.572. The van der Waals surface area contributed by atoms with Gasteiger partial charge in [0, 0.05) is 56.4 Å². The number of aromatic amines is 1. The lowest BCUT2D eigenvalue weighted by atomic mass is 10.1. The average Bonchev–Trinajstić information content (AvgIpc) is 2.65. The van der Waals surface area contributed by atoms with Crippen molar-refractivity contribution in [1.82, 2.24) is 24.8 Å². The number of hydrogen-bond donors (Lipinski definition) is 1. The second-order valence-corrected chi connectivity index (χ2v) is 6.42. The molecule has 6 nitrogen and oxygen atoms in total. The molecule has 0 saturated carbocycles. The molecule has 0 unspecified atom stereocenters. The maximum Gasteiger partial charge on any atom is 0.255 e. The number of aromatic nitrogens is 4. The minimum atomic E-state index is -0.0885. The molecule has 4 rings (SSSR count). The molecular weight excluding hydrogens is 338 g/mol. The number of hydrogen-bond acceptors (Lipinski definition) is 5. The van der Waals surface area contributed by atoms with Gasteiger partial charge in [-0.05, 0) is 23.8 Å². The van der Waals surface area contributed by atoms with Gasteiger partial charge in [-0.3, -0.25) is 19.7 Å². The van der Waals surface area contributed by atoms with E-state index in [4.69, 9.17) is 11.6 Å². The molecule has 4 heterocycles. The van der Waals surface area contributed by atoms with Crippen molar-refractivity contribution >= 4 is 11.6 Å². The fourth-order valence-electron chi connectivity index (χ4n) is 3.03. The van der Waals surface area contributed by atoms with Crippen LogP contribution in [0.15, 0.2) is 47.8 Å². The lowest BCUT2D eigenvalue weighted by Crippen LogP contribution is -2.35. The lowest BCUT2D eigenvalue weighted by Gasteiger charge is -2.28. The Kier molecular flexibility index (Phi) is 4.29. The summed E-state index contributed by atoms with van der Waals surface area (Å²) in [7, 11) is 0. The fraction of sp³-hybridized carbons (Fsp3) is 0.222. The Morgan fingerprint density at radius 1 is 1.20 bits per heavy atom. The van der Waals surface area contributed by atoms with Crippen LogP contribution in [0.1, 0.15) is 16.8 Å². The molecule has 126 valence electrons. The Morgan fingerprint density at radius 3 is 2.88 bits per heavy atom. The van der Waals surface area contributed by atoms with Crippen molar-refractivity contribution in [2.24, 2.45) is 0 Å². The monoisotopic (exact) mass is 353 g/mol. The molecule has 0 fully saturated rings. The summed E-state index contributed by atoms with van der Waals surface area (Å²) >= 11 is 6.19. The SMILES string of the molecule is O=c1[nH]c(-c2cccnc2)nc2c1CN(Cc1ccncc1Cl)CC2. The molecule has 3 aromatic heterocycles. The topological polar surface area (TPSA) is 74.8 Å². The Balaban J connectivity index is 1.60. The van der Waals surface area contributed by atoms with E-state index in [1.54, 1.807) is 24.8 Å². The van der Waals surface area contributed by atoms with Gasteiger partial charge in [0.1, 0.15) is 5.82 Å². The Hall–Kier alpha value is -2.57. The maximum absolute atomic E-state index is 12.5. The molecule has 0 amide bonds. The van der Waals surface area contributed by atoms with E-state index < -0.39 is 0 Å². The number of pyridine rings is 2. The first-order valence-electron chi connectivity index (χ1n) is 8.04. The first-order valence-corrected chi connectivity index (χ1v) is 8.42. The minimum absolute atomic E-state index is 0.0885. The normalized spacial score (nSPS) is 14.3. The van der Waals surface area contributed by atoms with Crippen LogP contribution in [0.3, 0.4) is 0 Å². The zero-order chi connectivity index (χ0) is 17.2. The highest BCUT2D eigenvalue weighted by molar-refractivity contribution is 6.31. The first-order chi connectivity index (χ1) is 12.2. The maximum atomic E-state index is 12.5. The van der Waals surface area contributed by atoms with Gasteiger partial charge in [-0.2, -0.15) is 0 Å². The summed E-state index contributed by atoms with van der Waals surface area (Å²) in [5.41, 5.74) is 3.32. The molecule has 7 heteroatoms. The molecule has 1 aliphatic heterocycles. The molecule has 0 bridgehead atoms. The van der Waals surface area contributed by atoms with Crippen molar-refractivity contribution < 1.29 is 0 Å². The van der Waals surface area contributed by atoms with E-state index >= 15 is 0 Å². The Bertz CT molecular complexity index is 957. The average molecular weight is 354 g/mol. The highest BCUT2D eigenvalue weighted by atomic mass is 35.5. The van der Waals surface area contributed by atoms with Gasteiger partial charge in [0.05, 0.1) is 16.3 Å². The number of nitrogens with zero attached hydrogens (tertiary/aromatic N) is 4. The van der Waals surface area contributed by atoms with E-state index in [-0.39, 0.29) is 5.56 Å². The van der Waals surface area contributed by atoms with Crippen LogP contribution in [0.4, 0.5) is 0 Å². The van der Waals surface area contributed by atoms with Crippen molar-refractivity contribution in [3.63, 3.8) is 0 Å². The van der Waals surface area contributed by atoms with Crippen LogP contribution in [-0.4, -0.2) is 31.4 Å². The van der Waals surface area contributed by atoms with Crippen molar-refractivity contribution in [3.8, 4) is 11.4 Å². The third-order valence-corrected chi connectivity index (χ3v) is 4.67. The minimum Gasteiger partial charge on any atom is -0.306 e. The number of rotatable bonds is 3. The van der Waals surface area contributed by atoms with E-state index in [1.807, 2.05) is 18.2 Å². The molecule has 0 aromatic carbocycles. The highest BCUT2D eigenvalue weighted by Gasteiger charge is 2.22. The second-order valence-electron chi connectivity index (χ2n) is 6.01. The lowest BCUT2D eigenvalue weighted by molar-refractivity contribution is 0.242. The summed E-state index contributed by atoms with van der Waals surface area (Å²) < 4.78 is 0. The number of nitrogens with one attached hydrogen (secondary N) is 1. The molecule has 0 saturated heterocycles. The van der Waals surface area contributed by atoms with Crippen LogP contribution in [0, 0.1) is 0 Å². The third-order valence-electron chi connectivity index (χ3n) is 4.33. The van der Waals surface area contributed by atoms with E-state index in [0.717, 1.165) is 35.3 Å². The quantitative estimate of drug-likeness (QED) is 0.782. The van der Waals surface area contributed by atoms with Crippen LogP contribution in [0.5, 0.6) is 0 Å². The van der Waals surface area contributed by atoms with Crippen molar-refractivity contribution in [2.75, 3.05) is 6.54 Å². The molecule has 3 aromatic rings. The van der Waals surface area contributed by atoms with Crippen LogP contribution < -0.4 is 5.56 Å². The summed E-state index contributed by atoms with van der Waals surface area (Å²) in [6.45, 7) is 2.07. The molecule has 0 radical (unpaired) electrons. The van der Waals surface area contributed by atoms with E-state index in [0.29, 0.717) is 23.9 Å². The van der Waals surface area contributed by atoms with Crippen LogP contribution in [0.25, 0.3) is 11.4 Å². The van der Waals surface area contributed by atoms with Gasteiger partial charge in [-0.15, -0.1) is 0 Å². The van der Waals surface area contributed by atoms with Crippen molar-refractivity contribution in [3.05, 3.63) is 75.2 Å². The molecule has 1 aliphatic rings. The molecule has 25 heavy (non-hydrogen) atoms. The van der Waals surface area contributed by atoms with Gasteiger partial charge in [-0.1, -0.05) is 11.6 Å². The Morgan fingerprint density at radius 2 is 2.08 bits per heavy atom. The largest absolute Gasteiger partial charge is 0.306 e. The molecule has 0 atom stereocenters. The van der Waals surface area contributed by atoms with Gasteiger partial charge < -0.3 is 4.98 Å². The van der Waals surface area contributed by atoms with Crippen LogP contribution >= 0.6 is 11.6 Å². The van der Waals surface area contributed by atoms with Gasteiger partial charge in [-0.25, -0.2) is 4.98 Å². The summed E-state index contributed by atoms with van der Waals surface area (Å²) in [5, 5.41) is 0.646. The van der Waals surface area contributed by atoms with E-state index in [1.165, 1.54) is 0 Å². The van der Waals surface area contributed by atoms with Gasteiger partial charge in [0.25, 0.3) is 5.56 Å². The molecule has 0 aliphatic carbocycles. The number of halogens is 1. The molecule has 0 spiro atoms. The fourth-order valence-corrected chi connectivity index (χ4v) is 3.21. The van der Waals surface area contributed by atoms with E-state index in [9.17, 15) is 4.79 Å².